The van der Waals surface area contributed by atoms with Gasteiger partial charge < -0.3 is 19.9 Å². The molecular weight excluding hydrogens is 292 g/mol. The molecule has 0 atom stereocenters. The Kier molecular flexibility index (Phi) is 6.13. The lowest BCUT2D eigenvalue weighted by atomic mass is 10.2. The van der Waals surface area contributed by atoms with Crippen LogP contribution in [0.4, 0.5) is 4.79 Å². The van der Waals surface area contributed by atoms with Gasteiger partial charge in [0.2, 0.25) is 0 Å². The van der Waals surface area contributed by atoms with Gasteiger partial charge in [0.15, 0.2) is 5.96 Å². The Morgan fingerprint density at radius 3 is 2.48 bits per heavy atom. The van der Waals surface area contributed by atoms with Gasteiger partial charge in [0.1, 0.15) is 5.60 Å². The molecule has 6 nitrogen and oxygen atoms in total. The van der Waals surface area contributed by atoms with Gasteiger partial charge in [-0.2, -0.15) is 0 Å². The van der Waals surface area contributed by atoms with E-state index in [1.165, 1.54) is 12.8 Å². The van der Waals surface area contributed by atoms with Crippen molar-refractivity contribution in [3.05, 3.63) is 0 Å². The highest BCUT2D eigenvalue weighted by Gasteiger charge is 2.34. The third-order valence-electron chi connectivity index (χ3n) is 3.96. The lowest BCUT2D eigenvalue weighted by Gasteiger charge is -2.27. The molecule has 0 bridgehead atoms. The first kappa shape index (κ1) is 17.9. The summed E-state index contributed by atoms with van der Waals surface area (Å²) in [6.45, 7) is 12.1. The molecule has 1 saturated carbocycles. The van der Waals surface area contributed by atoms with E-state index in [1.807, 2.05) is 25.7 Å². The van der Waals surface area contributed by atoms with Crippen LogP contribution in [0, 0.1) is 0 Å². The average Bonchev–Trinajstić information content (AvgIpc) is 3.13. The van der Waals surface area contributed by atoms with Crippen molar-refractivity contribution >= 4 is 12.1 Å². The number of ether oxygens (including phenoxy) is 1. The van der Waals surface area contributed by atoms with E-state index in [2.05, 4.69) is 17.1 Å². The molecule has 0 aromatic rings. The number of guanidine groups is 1. The Hall–Kier alpha value is -1.46. The van der Waals surface area contributed by atoms with Gasteiger partial charge in [0, 0.05) is 32.2 Å². The van der Waals surface area contributed by atoms with Crippen LogP contribution in [0.5, 0.6) is 0 Å². The molecule has 1 aliphatic heterocycles. The highest BCUT2D eigenvalue weighted by molar-refractivity contribution is 5.80. The topological polar surface area (TPSA) is 57.2 Å². The van der Waals surface area contributed by atoms with E-state index in [0.717, 1.165) is 38.4 Å². The Morgan fingerprint density at radius 2 is 1.96 bits per heavy atom. The van der Waals surface area contributed by atoms with Gasteiger partial charge in [0.05, 0.1) is 6.54 Å². The second kappa shape index (κ2) is 7.88. The van der Waals surface area contributed by atoms with Crippen LogP contribution in [0.25, 0.3) is 0 Å². The van der Waals surface area contributed by atoms with E-state index < -0.39 is 5.60 Å². The summed E-state index contributed by atoms with van der Waals surface area (Å²) in [5.41, 5.74) is -0.446. The van der Waals surface area contributed by atoms with Crippen LogP contribution in [-0.4, -0.2) is 66.2 Å². The largest absolute Gasteiger partial charge is 0.444 e. The fourth-order valence-electron chi connectivity index (χ4n) is 2.75. The maximum Gasteiger partial charge on any atom is 0.410 e. The molecule has 1 N–H and O–H groups in total. The second-order valence-electron chi connectivity index (χ2n) is 7.33. The zero-order valence-electron chi connectivity index (χ0n) is 15.1. The highest BCUT2D eigenvalue weighted by atomic mass is 16.6. The van der Waals surface area contributed by atoms with E-state index in [-0.39, 0.29) is 6.09 Å². The van der Waals surface area contributed by atoms with E-state index >= 15 is 0 Å². The van der Waals surface area contributed by atoms with Gasteiger partial charge in [-0.3, -0.25) is 4.99 Å². The lowest BCUT2D eigenvalue weighted by Crippen LogP contribution is -2.42. The minimum Gasteiger partial charge on any atom is -0.444 e. The molecule has 132 valence electrons. The van der Waals surface area contributed by atoms with Crippen molar-refractivity contribution in [1.29, 1.82) is 0 Å². The molecule has 0 unspecified atom stereocenters. The van der Waals surface area contributed by atoms with Crippen LogP contribution < -0.4 is 5.32 Å². The molecule has 2 fully saturated rings. The quantitative estimate of drug-likeness (QED) is 0.623. The first-order valence-electron chi connectivity index (χ1n) is 8.93. The summed E-state index contributed by atoms with van der Waals surface area (Å²) in [6, 6.07) is 0.342. The number of rotatable bonds is 5. The van der Waals surface area contributed by atoms with Gasteiger partial charge in [0.25, 0.3) is 0 Å². The Morgan fingerprint density at radius 1 is 1.30 bits per heavy atom. The third-order valence-corrected chi connectivity index (χ3v) is 3.96. The Balaban J connectivity index is 1.89. The SMILES string of the molecule is CCNC(=NCCN(C(=O)OC(C)(C)C)C1CC1)N1CCCC1. The Bertz CT molecular complexity index is 421. The second-order valence-corrected chi connectivity index (χ2v) is 7.33. The standard InChI is InChI=1S/C17H32N4O2/c1-5-18-15(20-11-6-7-12-20)19-10-13-21(14-8-9-14)16(22)23-17(2,3)4/h14H,5-13H2,1-4H3,(H,18,19). The van der Waals surface area contributed by atoms with Gasteiger partial charge in [-0.05, 0) is 53.4 Å². The van der Waals surface area contributed by atoms with Crippen LogP contribution in [0.1, 0.15) is 53.4 Å². The fraction of sp³-hybridized carbons (Fsp3) is 0.882. The number of nitrogens with zero attached hydrogens (tertiary/aromatic N) is 3. The normalized spacial score (nSPS) is 19.0. The first-order chi connectivity index (χ1) is 10.9. The van der Waals surface area contributed by atoms with Crippen LogP contribution >= 0.6 is 0 Å². The van der Waals surface area contributed by atoms with Crippen molar-refractivity contribution in [2.24, 2.45) is 4.99 Å². The van der Waals surface area contributed by atoms with Crippen molar-refractivity contribution < 1.29 is 9.53 Å². The highest BCUT2D eigenvalue weighted by Crippen LogP contribution is 2.28. The number of nitrogens with one attached hydrogen (secondary N) is 1. The maximum absolute atomic E-state index is 12.3. The number of carbonyl (C=O) groups is 1. The molecule has 0 aromatic heterocycles. The van der Waals surface area contributed by atoms with E-state index in [9.17, 15) is 4.79 Å². The summed E-state index contributed by atoms with van der Waals surface area (Å²) in [5, 5.41) is 3.35. The van der Waals surface area contributed by atoms with Crippen molar-refractivity contribution in [3.63, 3.8) is 0 Å². The minimum atomic E-state index is -0.446. The summed E-state index contributed by atoms with van der Waals surface area (Å²) in [4.78, 5) is 21.2. The van der Waals surface area contributed by atoms with Crippen molar-refractivity contribution in [2.75, 3.05) is 32.7 Å². The van der Waals surface area contributed by atoms with E-state index in [0.29, 0.717) is 19.1 Å². The van der Waals surface area contributed by atoms with Crippen molar-refractivity contribution in [1.82, 2.24) is 15.1 Å². The molecule has 0 radical (unpaired) electrons. The monoisotopic (exact) mass is 324 g/mol. The number of aliphatic imine (C=N–C) groups is 1. The van der Waals surface area contributed by atoms with E-state index in [1.54, 1.807) is 0 Å². The zero-order chi connectivity index (χ0) is 16.9. The molecular formula is C17H32N4O2. The summed E-state index contributed by atoms with van der Waals surface area (Å²) in [6.07, 6.45) is 4.42. The van der Waals surface area contributed by atoms with Gasteiger partial charge in [-0.15, -0.1) is 0 Å². The summed E-state index contributed by atoms with van der Waals surface area (Å²) < 4.78 is 5.52. The molecule has 0 aromatic carbocycles. The number of hydrogen-bond acceptors (Lipinski definition) is 3. The summed E-state index contributed by atoms with van der Waals surface area (Å²) in [7, 11) is 0. The molecule has 1 heterocycles. The van der Waals surface area contributed by atoms with Crippen molar-refractivity contribution in [3.8, 4) is 0 Å². The summed E-state index contributed by atoms with van der Waals surface area (Å²) in [5.74, 6) is 0.977. The Labute approximate surface area is 140 Å². The molecule has 2 aliphatic rings. The predicted octanol–water partition coefficient (Wildman–Crippen LogP) is 2.45. The average molecular weight is 324 g/mol. The van der Waals surface area contributed by atoms with Gasteiger partial charge in [-0.25, -0.2) is 4.79 Å². The number of hydrogen-bond donors (Lipinski definition) is 1. The number of carbonyl (C=O) groups excluding carboxylic acids is 1. The van der Waals surface area contributed by atoms with Crippen molar-refractivity contribution in [2.45, 2.75) is 65.0 Å². The van der Waals surface area contributed by atoms with E-state index in [4.69, 9.17) is 9.73 Å². The van der Waals surface area contributed by atoms with Crippen LogP contribution in [0.2, 0.25) is 0 Å². The number of amides is 1. The molecule has 1 saturated heterocycles. The number of likely N-dealkylation sites (tertiary alicyclic amines) is 1. The predicted molar refractivity (Wildman–Crippen MR) is 92.7 cm³/mol. The lowest BCUT2D eigenvalue weighted by molar-refractivity contribution is 0.0240. The molecule has 1 aliphatic carbocycles. The third kappa shape index (κ3) is 5.92. The first-order valence-corrected chi connectivity index (χ1v) is 8.93. The van der Waals surface area contributed by atoms with Crippen LogP contribution in [0.3, 0.4) is 0 Å². The molecule has 0 spiro atoms. The molecule has 23 heavy (non-hydrogen) atoms. The molecule has 1 amide bonds. The zero-order valence-corrected chi connectivity index (χ0v) is 15.1. The minimum absolute atomic E-state index is 0.207. The molecule has 2 rings (SSSR count). The molecule has 6 heteroatoms. The smallest absolute Gasteiger partial charge is 0.410 e. The fourth-order valence-corrected chi connectivity index (χ4v) is 2.75. The maximum atomic E-state index is 12.3. The summed E-state index contributed by atoms with van der Waals surface area (Å²) >= 11 is 0. The van der Waals surface area contributed by atoms with Crippen LogP contribution in [-0.2, 0) is 4.74 Å². The van der Waals surface area contributed by atoms with Crippen LogP contribution in [0.15, 0.2) is 4.99 Å². The van der Waals surface area contributed by atoms with Gasteiger partial charge >= 0.3 is 6.09 Å². The van der Waals surface area contributed by atoms with Gasteiger partial charge in [-0.1, -0.05) is 0 Å².